The quantitative estimate of drug-likeness (QED) is 0.163. The van der Waals surface area contributed by atoms with Gasteiger partial charge in [-0.05, 0) is 54.2 Å². The van der Waals surface area contributed by atoms with Gasteiger partial charge in [-0.3, -0.25) is 0 Å². The SMILES string of the molecule is Cc1cccc(C2(c3ccccc3)OB(B3O[C@@H](c4ccccc4)C(c4cccc(C)c4)(c4cccc(C)c4)O3)O[C@H]2c2ccccc2)c1. The second-order valence-corrected chi connectivity index (χ2v) is 13.3. The first-order chi connectivity index (χ1) is 24.0. The summed E-state index contributed by atoms with van der Waals surface area (Å²) in [5.41, 5.74) is 7.52. The molecule has 2 saturated heterocycles. The predicted octanol–water partition coefficient (Wildman–Crippen LogP) is 9.43. The molecule has 4 nitrogen and oxygen atoms in total. The van der Waals surface area contributed by atoms with Crippen molar-refractivity contribution in [1.82, 2.24) is 0 Å². The van der Waals surface area contributed by atoms with Crippen LogP contribution in [-0.4, -0.2) is 14.0 Å². The van der Waals surface area contributed by atoms with Crippen molar-refractivity contribution in [2.24, 2.45) is 0 Å². The Morgan fingerprint density at radius 2 is 0.714 bits per heavy atom. The van der Waals surface area contributed by atoms with E-state index in [0.29, 0.717) is 0 Å². The lowest BCUT2D eigenvalue weighted by Crippen LogP contribution is -2.43. The molecule has 0 spiro atoms. The van der Waals surface area contributed by atoms with Crippen molar-refractivity contribution in [2.45, 2.75) is 44.2 Å². The molecule has 6 heteroatoms. The summed E-state index contributed by atoms with van der Waals surface area (Å²) in [4.78, 5) is 0. The fourth-order valence-corrected chi connectivity index (χ4v) is 7.65. The molecule has 2 fully saturated rings. The molecule has 240 valence electrons. The maximum Gasteiger partial charge on any atom is 0.489 e. The minimum atomic E-state index is -0.986. The maximum atomic E-state index is 7.38. The first-order valence-corrected chi connectivity index (χ1v) is 17.0. The van der Waals surface area contributed by atoms with Crippen LogP contribution in [0.1, 0.15) is 62.3 Å². The van der Waals surface area contributed by atoms with Gasteiger partial charge >= 0.3 is 14.0 Å². The zero-order valence-corrected chi connectivity index (χ0v) is 28.0. The Hall–Kier alpha value is -4.71. The first-order valence-electron chi connectivity index (χ1n) is 17.0. The minimum absolute atomic E-state index is 0.488. The molecule has 0 radical (unpaired) electrons. The number of rotatable bonds is 7. The van der Waals surface area contributed by atoms with Crippen molar-refractivity contribution in [3.8, 4) is 0 Å². The average Bonchev–Trinajstić information content (AvgIpc) is 3.75. The van der Waals surface area contributed by atoms with Crippen LogP contribution >= 0.6 is 0 Å². The maximum absolute atomic E-state index is 7.38. The molecule has 2 heterocycles. The van der Waals surface area contributed by atoms with Gasteiger partial charge in [0, 0.05) is 0 Å². The molecule has 2 aliphatic rings. The van der Waals surface area contributed by atoms with Crippen LogP contribution < -0.4 is 0 Å². The number of aryl methyl sites for hydroxylation is 3. The molecule has 0 amide bonds. The second kappa shape index (κ2) is 13.0. The number of hydrogen-bond donors (Lipinski definition) is 0. The number of benzene rings is 6. The molecular formula is C43H38B2O4. The topological polar surface area (TPSA) is 36.9 Å². The van der Waals surface area contributed by atoms with Gasteiger partial charge in [0.25, 0.3) is 0 Å². The third-order valence-corrected chi connectivity index (χ3v) is 9.85. The normalized spacial score (nSPS) is 21.6. The van der Waals surface area contributed by atoms with Gasteiger partial charge in [0.2, 0.25) is 0 Å². The van der Waals surface area contributed by atoms with Gasteiger partial charge in [0.15, 0.2) is 0 Å². The summed E-state index contributed by atoms with van der Waals surface area (Å²) >= 11 is 0. The zero-order valence-electron chi connectivity index (χ0n) is 28.0. The van der Waals surface area contributed by atoms with Crippen LogP contribution in [0.4, 0.5) is 0 Å². The Morgan fingerprint density at radius 1 is 0.388 bits per heavy atom. The molecule has 49 heavy (non-hydrogen) atoms. The Morgan fingerprint density at radius 3 is 1.08 bits per heavy atom. The van der Waals surface area contributed by atoms with Crippen LogP contribution in [0.3, 0.4) is 0 Å². The lowest BCUT2D eigenvalue weighted by Gasteiger charge is -2.36. The summed E-state index contributed by atoms with van der Waals surface area (Å²) in [5.74, 6) is 0. The van der Waals surface area contributed by atoms with E-state index in [2.05, 4.69) is 154 Å². The van der Waals surface area contributed by atoms with Crippen LogP contribution in [0.5, 0.6) is 0 Å². The van der Waals surface area contributed by atoms with E-state index < -0.39 is 37.4 Å². The second-order valence-electron chi connectivity index (χ2n) is 13.3. The predicted molar refractivity (Wildman–Crippen MR) is 196 cm³/mol. The summed E-state index contributed by atoms with van der Waals surface area (Å²) < 4.78 is 29.0. The van der Waals surface area contributed by atoms with Gasteiger partial charge in [-0.25, -0.2) is 0 Å². The van der Waals surface area contributed by atoms with E-state index in [1.54, 1.807) is 0 Å². The van der Waals surface area contributed by atoms with Crippen molar-refractivity contribution in [3.63, 3.8) is 0 Å². The van der Waals surface area contributed by atoms with Crippen molar-refractivity contribution in [2.75, 3.05) is 0 Å². The summed E-state index contributed by atoms with van der Waals surface area (Å²) in [5, 5.41) is 0. The van der Waals surface area contributed by atoms with Gasteiger partial charge in [-0.1, -0.05) is 180 Å². The molecule has 0 aliphatic carbocycles. The lowest BCUT2D eigenvalue weighted by atomic mass is 9.49. The van der Waals surface area contributed by atoms with Crippen molar-refractivity contribution < 1.29 is 18.6 Å². The Balaban J connectivity index is 1.32. The van der Waals surface area contributed by atoms with Crippen LogP contribution in [0, 0.1) is 20.8 Å². The fraction of sp³-hybridized carbons (Fsp3) is 0.163. The Kier molecular flexibility index (Phi) is 8.35. The highest BCUT2D eigenvalue weighted by Gasteiger charge is 2.66. The molecule has 0 N–H and O–H groups in total. The van der Waals surface area contributed by atoms with Gasteiger partial charge in [-0.15, -0.1) is 0 Å². The van der Waals surface area contributed by atoms with Crippen molar-refractivity contribution in [1.29, 1.82) is 0 Å². The molecule has 0 aromatic heterocycles. The molecule has 6 aromatic carbocycles. The molecular weight excluding hydrogens is 602 g/mol. The third-order valence-electron chi connectivity index (χ3n) is 9.85. The summed E-state index contributed by atoms with van der Waals surface area (Å²) in [6.07, 6.45) is -0.978. The monoisotopic (exact) mass is 640 g/mol. The highest BCUT2D eigenvalue weighted by molar-refractivity contribution is 7.11. The summed E-state index contributed by atoms with van der Waals surface area (Å²) in [6.45, 7) is 6.34. The fourth-order valence-electron chi connectivity index (χ4n) is 7.65. The van der Waals surface area contributed by atoms with Gasteiger partial charge in [0.1, 0.15) is 23.4 Å². The first kappa shape index (κ1) is 31.6. The molecule has 2 aliphatic heterocycles. The average molecular weight is 640 g/mol. The van der Waals surface area contributed by atoms with Crippen molar-refractivity contribution in [3.05, 3.63) is 214 Å². The summed E-state index contributed by atoms with van der Waals surface area (Å²) in [7, 11) is -1.73. The third kappa shape index (κ3) is 5.55. The molecule has 6 aromatic rings. The van der Waals surface area contributed by atoms with Crippen molar-refractivity contribution >= 4 is 14.0 Å². The highest BCUT2D eigenvalue weighted by Crippen LogP contribution is 2.56. The minimum Gasteiger partial charge on any atom is -0.403 e. The lowest BCUT2D eigenvalue weighted by molar-refractivity contribution is 0.0718. The molecule has 3 atom stereocenters. The molecule has 8 rings (SSSR count). The van der Waals surface area contributed by atoms with Crippen LogP contribution in [0.15, 0.2) is 164 Å². The van der Waals surface area contributed by atoms with E-state index in [-0.39, 0.29) is 0 Å². The van der Waals surface area contributed by atoms with Crippen LogP contribution in [0.2, 0.25) is 0 Å². The Labute approximate surface area is 289 Å². The smallest absolute Gasteiger partial charge is 0.403 e. The van der Waals surface area contributed by atoms with E-state index in [1.807, 2.05) is 30.3 Å². The number of hydrogen-bond acceptors (Lipinski definition) is 4. The van der Waals surface area contributed by atoms with E-state index in [0.717, 1.165) is 50.1 Å². The highest BCUT2D eigenvalue weighted by atomic mass is 16.7. The summed E-state index contributed by atoms with van der Waals surface area (Å²) in [6, 6.07) is 56.7. The Bertz CT molecular complexity index is 2010. The van der Waals surface area contributed by atoms with E-state index in [4.69, 9.17) is 18.6 Å². The van der Waals surface area contributed by atoms with Crippen LogP contribution in [0.25, 0.3) is 0 Å². The van der Waals surface area contributed by atoms with Gasteiger partial charge in [0.05, 0.1) is 0 Å². The van der Waals surface area contributed by atoms with E-state index in [9.17, 15) is 0 Å². The van der Waals surface area contributed by atoms with Gasteiger partial charge in [-0.2, -0.15) is 0 Å². The van der Waals surface area contributed by atoms with Crippen LogP contribution in [-0.2, 0) is 29.8 Å². The standard InChI is InChI=1S/C43H38B2O4/c1-31-16-13-25-37(28-31)42(36-23-11-6-12-24-36)40(34-19-7-4-8-20-34)46-44(48-42)45-47-41(35-21-9-5-10-22-35)43(49-45,38-26-14-17-32(2)29-38)39-27-15-18-33(3)30-39/h4-30,40-41H,1-3H3/t40-,41-,42?/m0/s1. The largest absolute Gasteiger partial charge is 0.489 e. The molecule has 0 saturated carbocycles. The van der Waals surface area contributed by atoms with Gasteiger partial charge < -0.3 is 18.6 Å². The van der Waals surface area contributed by atoms with E-state index in [1.165, 1.54) is 0 Å². The van der Waals surface area contributed by atoms with E-state index >= 15 is 0 Å². The zero-order chi connectivity index (χ0) is 33.4. The molecule has 1 unspecified atom stereocenters. The molecule has 0 bridgehead atoms.